The van der Waals surface area contributed by atoms with Gasteiger partial charge in [-0.1, -0.05) is 28.5 Å². The standard InChI is InChI=1S/C22H15ClN6OS/c1-11-2-7-15-14(8-9-25-21(15)26-13-5-3-12(23)4-6-13)17(11)27-22(30)16-10-31-19-18(16)28-29-20(19)24/h2-10H,1H3,(H3,24,25,26,27,28,29,30)/p+1. The molecule has 0 saturated heterocycles. The van der Waals surface area contributed by atoms with Crippen LogP contribution >= 0.6 is 22.9 Å². The first-order chi connectivity index (χ1) is 15.0. The second-order valence-electron chi connectivity index (χ2n) is 7.01. The normalized spacial score (nSPS) is 12.0. The van der Waals surface area contributed by atoms with Crippen molar-refractivity contribution in [3.8, 4) is 0 Å². The van der Waals surface area contributed by atoms with Gasteiger partial charge in [-0.2, -0.15) is 0 Å². The van der Waals surface area contributed by atoms with E-state index in [1.165, 1.54) is 11.3 Å². The van der Waals surface area contributed by atoms with Crippen LogP contribution in [0, 0.1) is 6.92 Å². The van der Waals surface area contributed by atoms with Crippen LogP contribution < -0.4 is 16.4 Å². The van der Waals surface area contributed by atoms with Gasteiger partial charge in [-0.15, -0.1) is 11.3 Å². The van der Waals surface area contributed by atoms with Crippen LogP contribution in [0.3, 0.4) is 0 Å². The molecule has 0 atom stereocenters. The summed E-state index contributed by atoms with van der Waals surface area (Å²) in [5, 5.41) is 14.6. The number of fused-ring (bicyclic) bond motifs is 2. The Balaban J connectivity index is 1.51. The molecule has 4 aromatic rings. The Kier molecular flexibility index (Phi) is 4.67. The molecular weight excluding hydrogens is 432 g/mol. The molecule has 0 spiro atoms. The number of anilines is 3. The molecule has 1 aliphatic rings. The largest absolute Gasteiger partial charge is 0.417 e. The van der Waals surface area contributed by atoms with Crippen LogP contribution in [-0.4, -0.2) is 21.5 Å². The number of nitrogens with zero attached hydrogens (tertiary/aromatic N) is 3. The van der Waals surface area contributed by atoms with Gasteiger partial charge in [0.05, 0.1) is 11.3 Å². The maximum absolute atomic E-state index is 13.0. The Bertz CT molecular complexity index is 1420. The van der Waals surface area contributed by atoms with Gasteiger partial charge in [0.1, 0.15) is 5.82 Å². The van der Waals surface area contributed by atoms with Crippen LogP contribution in [0.2, 0.25) is 5.02 Å². The van der Waals surface area contributed by atoms with Crippen LogP contribution in [0.4, 0.5) is 22.9 Å². The van der Waals surface area contributed by atoms with Gasteiger partial charge in [-0.25, -0.2) is 4.98 Å². The fraction of sp³-hybridized carbons (Fsp3) is 0.0455. The smallest absolute Gasteiger partial charge is 0.340 e. The van der Waals surface area contributed by atoms with Crippen molar-refractivity contribution >= 4 is 68.3 Å². The van der Waals surface area contributed by atoms with Crippen LogP contribution in [-0.2, 0) is 0 Å². The maximum atomic E-state index is 13.0. The zero-order valence-electron chi connectivity index (χ0n) is 16.3. The highest BCUT2D eigenvalue weighted by atomic mass is 35.5. The number of nitrogens with one attached hydrogen (secondary N) is 2. The second-order valence-corrected chi connectivity index (χ2v) is 8.33. The van der Waals surface area contributed by atoms with Crippen molar-refractivity contribution in [2.24, 2.45) is 10.8 Å². The van der Waals surface area contributed by atoms with Crippen molar-refractivity contribution in [1.29, 1.82) is 0 Å². The average Bonchev–Trinajstić information content (AvgIpc) is 3.35. The van der Waals surface area contributed by atoms with E-state index in [9.17, 15) is 4.79 Å². The number of aromatic nitrogens is 1. The molecule has 0 radical (unpaired) electrons. The molecule has 2 aromatic heterocycles. The zero-order chi connectivity index (χ0) is 21.5. The van der Waals surface area contributed by atoms with Gasteiger partial charge in [0.2, 0.25) is 0 Å². The molecule has 2 aromatic carbocycles. The first kappa shape index (κ1) is 19.3. The summed E-state index contributed by atoms with van der Waals surface area (Å²) >= 11 is 7.34. The molecule has 4 N–H and O–H groups in total. The number of carbonyl (C=O) groups excluding carboxylic acids is 1. The molecule has 1 amide bonds. The van der Waals surface area contributed by atoms with E-state index in [4.69, 9.17) is 17.3 Å². The van der Waals surface area contributed by atoms with Gasteiger partial charge in [0.25, 0.3) is 5.91 Å². The van der Waals surface area contributed by atoms with E-state index >= 15 is 0 Å². The predicted octanol–water partition coefficient (Wildman–Crippen LogP) is 5.26. The number of hydrogen-bond acceptors (Lipinski definition) is 6. The lowest BCUT2D eigenvalue weighted by Gasteiger charge is -2.14. The van der Waals surface area contributed by atoms with E-state index in [0.717, 1.165) is 32.6 Å². The highest BCUT2D eigenvalue weighted by Gasteiger charge is 2.29. The van der Waals surface area contributed by atoms with Crippen molar-refractivity contribution < 1.29 is 9.58 Å². The van der Waals surface area contributed by atoms with E-state index in [-0.39, 0.29) is 5.91 Å². The lowest BCUT2D eigenvalue weighted by atomic mass is 10.0. The summed E-state index contributed by atoms with van der Waals surface area (Å²) in [5.74, 6) is 0.762. The number of rotatable bonds is 4. The molecule has 152 valence electrons. The number of nitrogens with two attached hydrogens (primary N) is 1. The Morgan fingerprint density at radius 2 is 1.94 bits per heavy atom. The molecule has 0 aliphatic carbocycles. The third-order valence-corrected chi connectivity index (χ3v) is 6.24. The lowest BCUT2D eigenvalue weighted by Crippen LogP contribution is -2.13. The minimum Gasteiger partial charge on any atom is -0.340 e. The van der Waals surface area contributed by atoms with Gasteiger partial charge in [0, 0.05) is 38.2 Å². The number of amides is 1. The Morgan fingerprint density at radius 3 is 2.74 bits per heavy atom. The van der Waals surface area contributed by atoms with Gasteiger partial charge < -0.3 is 10.6 Å². The third kappa shape index (κ3) is 3.43. The molecule has 0 saturated carbocycles. The summed E-state index contributed by atoms with van der Waals surface area (Å²) < 4.78 is 0. The van der Waals surface area contributed by atoms with Gasteiger partial charge in [0.15, 0.2) is 10.6 Å². The fourth-order valence-electron chi connectivity index (χ4n) is 3.42. The number of benzene rings is 2. The molecule has 7 nitrogen and oxygen atoms in total. The summed E-state index contributed by atoms with van der Waals surface area (Å²) in [6.45, 7) is 1.95. The minimum atomic E-state index is -0.259. The number of hydrogen-bond donors (Lipinski definition) is 3. The van der Waals surface area contributed by atoms with E-state index in [2.05, 4.69) is 25.5 Å². The molecule has 9 heteroatoms. The average molecular weight is 448 g/mol. The summed E-state index contributed by atoms with van der Waals surface area (Å²) in [5.41, 5.74) is 9.30. The summed E-state index contributed by atoms with van der Waals surface area (Å²) in [6.07, 6.45) is 1.71. The first-order valence-electron chi connectivity index (χ1n) is 9.39. The van der Waals surface area contributed by atoms with Crippen molar-refractivity contribution in [2.75, 3.05) is 10.6 Å². The van der Waals surface area contributed by atoms with Crippen LogP contribution in [0.25, 0.3) is 10.8 Å². The number of carbonyl (C=O) groups is 1. The molecule has 0 fully saturated rings. The second kappa shape index (κ2) is 7.52. The lowest BCUT2D eigenvalue weighted by molar-refractivity contribution is -0.0720. The molecular formula is C22H16ClN6OS+. The number of thiophene rings is 1. The van der Waals surface area contributed by atoms with Crippen molar-refractivity contribution in [2.45, 2.75) is 6.92 Å². The number of aryl methyl sites for hydroxylation is 1. The van der Waals surface area contributed by atoms with Crippen LogP contribution in [0.15, 0.2) is 59.2 Å². The highest BCUT2D eigenvalue weighted by molar-refractivity contribution is 7.13. The Hall–Kier alpha value is -3.71. The number of amidine groups is 1. The summed E-state index contributed by atoms with van der Waals surface area (Å²) in [7, 11) is 0. The van der Waals surface area contributed by atoms with Crippen molar-refractivity contribution in [3.63, 3.8) is 0 Å². The molecule has 0 unspecified atom stereocenters. The molecule has 3 heterocycles. The highest BCUT2D eigenvalue weighted by Crippen LogP contribution is 2.35. The minimum absolute atomic E-state index is 0.259. The maximum Gasteiger partial charge on any atom is 0.417 e. The third-order valence-electron chi connectivity index (χ3n) is 5.00. The Labute approximate surface area is 186 Å². The van der Waals surface area contributed by atoms with Crippen LogP contribution in [0.5, 0.6) is 0 Å². The van der Waals surface area contributed by atoms with Gasteiger partial charge in [-0.3, -0.25) is 10.5 Å². The van der Waals surface area contributed by atoms with E-state index in [1.807, 2.05) is 49.4 Å². The van der Waals surface area contributed by atoms with Gasteiger partial charge >= 0.3 is 5.84 Å². The topological polar surface area (TPSA) is 106 Å². The van der Waals surface area contributed by atoms with E-state index in [1.54, 1.807) is 11.6 Å². The van der Waals surface area contributed by atoms with Crippen molar-refractivity contribution in [1.82, 2.24) is 4.98 Å². The zero-order valence-corrected chi connectivity index (χ0v) is 17.9. The Morgan fingerprint density at radius 1 is 1.13 bits per heavy atom. The quantitative estimate of drug-likeness (QED) is 0.370. The summed E-state index contributed by atoms with van der Waals surface area (Å²) in [6, 6.07) is 13.2. The van der Waals surface area contributed by atoms with E-state index < -0.39 is 0 Å². The molecule has 5 rings (SSSR count). The number of halogens is 1. The SMILES string of the molecule is Cc1ccc2c(Nc3ccc(Cl)cc3)nccc2c1NC(=O)c1csc2c1N=[N+]=C2N. The first-order valence-corrected chi connectivity index (χ1v) is 10.7. The monoisotopic (exact) mass is 447 g/mol. The molecule has 31 heavy (non-hydrogen) atoms. The molecule has 0 bridgehead atoms. The van der Waals surface area contributed by atoms with Gasteiger partial charge in [-0.05, 0) is 42.8 Å². The molecule has 1 aliphatic heterocycles. The van der Waals surface area contributed by atoms with Crippen LogP contribution in [0.1, 0.15) is 20.8 Å². The summed E-state index contributed by atoms with van der Waals surface area (Å²) in [4.78, 5) is 22.1. The van der Waals surface area contributed by atoms with Crippen molar-refractivity contribution in [3.05, 3.63) is 75.1 Å². The van der Waals surface area contributed by atoms with E-state index in [0.29, 0.717) is 27.9 Å². The fourth-order valence-corrected chi connectivity index (χ4v) is 4.43. The predicted molar refractivity (Wildman–Crippen MR) is 124 cm³/mol. The number of pyridine rings is 1.